The molecule has 0 aliphatic heterocycles. The Labute approximate surface area is 87.3 Å². The lowest BCUT2D eigenvalue weighted by molar-refractivity contribution is 1.29. The maximum Gasteiger partial charge on any atom is 0.185 e. The summed E-state index contributed by atoms with van der Waals surface area (Å²) < 4.78 is 0. The highest BCUT2D eigenvalue weighted by Gasteiger charge is 2.05. The lowest BCUT2D eigenvalue weighted by Gasteiger charge is -2.15. The van der Waals surface area contributed by atoms with Crippen molar-refractivity contribution in [2.45, 2.75) is 0 Å². The molecule has 0 aliphatic carbocycles. The van der Waals surface area contributed by atoms with Crippen LogP contribution in [-0.2, 0) is 0 Å². The van der Waals surface area contributed by atoms with Crippen LogP contribution >= 0.6 is 23.8 Å². The van der Waals surface area contributed by atoms with Crippen LogP contribution in [-0.4, -0.2) is 12.0 Å². The van der Waals surface area contributed by atoms with Gasteiger partial charge in [-0.25, -0.2) is 0 Å². The molecule has 1 aromatic rings. The van der Waals surface area contributed by atoms with Crippen molar-refractivity contribution in [2.24, 2.45) is 0 Å². The number of nitrogens with zero attached hydrogens (tertiary/aromatic N) is 2. The van der Waals surface area contributed by atoms with Gasteiger partial charge in [-0.1, -0.05) is 17.7 Å². The number of benzene rings is 1. The number of rotatable bonds is 1. The van der Waals surface area contributed by atoms with Crippen molar-refractivity contribution in [3.8, 4) is 6.07 Å². The van der Waals surface area contributed by atoms with Crippen LogP contribution in [0.1, 0.15) is 0 Å². The first kappa shape index (κ1) is 9.97. The monoisotopic (exact) mass is 210 g/mol. The summed E-state index contributed by atoms with van der Waals surface area (Å²) in [6, 6.07) is 9.08. The van der Waals surface area contributed by atoms with E-state index in [9.17, 15) is 0 Å². The van der Waals surface area contributed by atoms with Gasteiger partial charge in [0.15, 0.2) is 4.99 Å². The second-order valence-electron chi connectivity index (χ2n) is 2.46. The Morgan fingerprint density at radius 2 is 2.31 bits per heavy atom. The van der Waals surface area contributed by atoms with Crippen molar-refractivity contribution < 1.29 is 0 Å². The predicted octanol–water partition coefficient (Wildman–Crippen LogP) is 2.63. The average molecular weight is 211 g/mol. The van der Waals surface area contributed by atoms with Crippen molar-refractivity contribution in [3.05, 3.63) is 29.3 Å². The van der Waals surface area contributed by atoms with Gasteiger partial charge in [0.2, 0.25) is 0 Å². The zero-order chi connectivity index (χ0) is 9.84. The number of hydrogen-bond acceptors (Lipinski definition) is 2. The lowest BCUT2D eigenvalue weighted by Crippen LogP contribution is -2.22. The molecular weight excluding hydrogens is 204 g/mol. The van der Waals surface area contributed by atoms with E-state index in [1.54, 1.807) is 24.1 Å². The number of hydrogen-bond donors (Lipinski definition) is 0. The van der Waals surface area contributed by atoms with Crippen molar-refractivity contribution in [1.82, 2.24) is 0 Å². The molecule has 0 spiro atoms. The van der Waals surface area contributed by atoms with Crippen LogP contribution < -0.4 is 4.90 Å². The minimum atomic E-state index is 0.224. The third-order valence-electron chi connectivity index (χ3n) is 1.60. The number of nitriles is 1. The molecule has 13 heavy (non-hydrogen) atoms. The number of anilines is 1. The molecule has 0 N–H and O–H groups in total. The molecule has 66 valence electrons. The van der Waals surface area contributed by atoms with Crippen LogP contribution in [0.15, 0.2) is 24.3 Å². The minimum absolute atomic E-state index is 0.224. The van der Waals surface area contributed by atoms with Gasteiger partial charge < -0.3 is 4.90 Å². The first-order chi connectivity index (χ1) is 6.15. The summed E-state index contributed by atoms with van der Waals surface area (Å²) in [6.45, 7) is 0. The van der Waals surface area contributed by atoms with E-state index < -0.39 is 0 Å². The van der Waals surface area contributed by atoms with E-state index in [2.05, 4.69) is 0 Å². The zero-order valence-electron chi connectivity index (χ0n) is 6.99. The van der Waals surface area contributed by atoms with Gasteiger partial charge in [0.1, 0.15) is 6.07 Å². The van der Waals surface area contributed by atoms with Crippen molar-refractivity contribution in [3.63, 3.8) is 0 Å². The van der Waals surface area contributed by atoms with Crippen LogP contribution in [0.4, 0.5) is 5.69 Å². The van der Waals surface area contributed by atoms with E-state index in [0.717, 1.165) is 5.69 Å². The van der Waals surface area contributed by atoms with Crippen LogP contribution in [0.2, 0.25) is 5.02 Å². The summed E-state index contributed by atoms with van der Waals surface area (Å²) in [5.41, 5.74) is 0.819. The first-order valence-electron chi connectivity index (χ1n) is 3.58. The minimum Gasteiger partial charge on any atom is -0.327 e. The Morgan fingerprint density at radius 3 is 2.85 bits per heavy atom. The summed E-state index contributed by atoms with van der Waals surface area (Å²) in [7, 11) is 1.73. The molecule has 0 saturated carbocycles. The molecule has 0 aromatic heterocycles. The van der Waals surface area contributed by atoms with Gasteiger partial charge in [-0.15, -0.1) is 0 Å². The summed E-state index contributed by atoms with van der Waals surface area (Å²) in [5, 5.41) is 9.20. The quantitative estimate of drug-likeness (QED) is 0.667. The molecule has 2 nitrogen and oxygen atoms in total. The van der Waals surface area contributed by atoms with Gasteiger partial charge in [0.05, 0.1) is 0 Å². The van der Waals surface area contributed by atoms with Gasteiger partial charge in [0, 0.05) is 17.8 Å². The van der Waals surface area contributed by atoms with Gasteiger partial charge >= 0.3 is 0 Å². The second kappa shape index (κ2) is 4.22. The Morgan fingerprint density at radius 1 is 1.62 bits per heavy atom. The lowest BCUT2D eigenvalue weighted by atomic mass is 10.3. The summed E-state index contributed by atoms with van der Waals surface area (Å²) in [5.74, 6) is 0. The molecular formula is C9H7ClN2S. The molecule has 0 heterocycles. The summed E-state index contributed by atoms with van der Waals surface area (Å²) in [6.07, 6.45) is 0. The molecule has 0 atom stereocenters. The second-order valence-corrected chi connectivity index (χ2v) is 3.28. The molecule has 1 aromatic carbocycles. The fourth-order valence-corrected chi connectivity index (χ4v) is 1.17. The normalized spacial score (nSPS) is 9.00. The fraction of sp³-hybridized carbons (Fsp3) is 0.111. The summed E-state index contributed by atoms with van der Waals surface area (Å²) >= 11 is 10.6. The molecule has 0 unspecified atom stereocenters. The van der Waals surface area contributed by atoms with E-state index in [-0.39, 0.29) is 4.99 Å². The SMILES string of the molecule is CN(C(=S)C#N)c1cccc(Cl)c1. The highest BCUT2D eigenvalue weighted by Crippen LogP contribution is 2.18. The molecule has 1 rings (SSSR count). The van der Waals surface area contributed by atoms with E-state index >= 15 is 0 Å². The molecule has 0 fully saturated rings. The molecule has 0 amide bonds. The zero-order valence-corrected chi connectivity index (χ0v) is 8.56. The third kappa shape index (κ3) is 2.41. The maximum absolute atomic E-state index is 8.57. The number of halogens is 1. The number of thiocarbonyl (C=S) groups is 1. The molecule has 0 aliphatic rings. The summed E-state index contributed by atoms with van der Waals surface area (Å²) in [4.78, 5) is 1.84. The van der Waals surface area contributed by atoms with Gasteiger partial charge in [-0.2, -0.15) is 5.26 Å². The standard InChI is InChI=1S/C9H7ClN2S/c1-12(9(13)6-11)8-4-2-3-7(10)5-8/h2-5H,1H3. The van der Waals surface area contributed by atoms with Gasteiger partial charge in [0.25, 0.3) is 0 Å². The molecule has 0 bridgehead atoms. The van der Waals surface area contributed by atoms with Crippen LogP contribution in [0.25, 0.3) is 0 Å². The molecule has 0 saturated heterocycles. The first-order valence-corrected chi connectivity index (χ1v) is 4.37. The topological polar surface area (TPSA) is 27.0 Å². The van der Waals surface area contributed by atoms with Crippen LogP contribution in [0.3, 0.4) is 0 Å². The van der Waals surface area contributed by atoms with Gasteiger partial charge in [-0.3, -0.25) is 0 Å². The molecule has 4 heteroatoms. The van der Waals surface area contributed by atoms with Crippen molar-refractivity contribution in [1.29, 1.82) is 5.26 Å². The Kier molecular flexibility index (Phi) is 3.24. The average Bonchev–Trinajstić information content (AvgIpc) is 2.15. The van der Waals surface area contributed by atoms with Crippen LogP contribution in [0, 0.1) is 11.3 Å². The van der Waals surface area contributed by atoms with E-state index in [1.807, 2.05) is 18.2 Å². The maximum atomic E-state index is 8.57. The predicted molar refractivity (Wildman–Crippen MR) is 58.1 cm³/mol. The highest BCUT2D eigenvalue weighted by atomic mass is 35.5. The Bertz CT molecular complexity index is 370. The van der Waals surface area contributed by atoms with E-state index in [0.29, 0.717) is 5.02 Å². The third-order valence-corrected chi connectivity index (χ3v) is 2.20. The smallest absolute Gasteiger partial charge is 0.185 e. The molecule has 0 radical (unpaired) electrons. The van der Waals surface area contributed by atoms with Crippen LogP contribution in [0.5, 0.6) is 0 Å². The largest absolute Gasteiger partial charge is 0.327 e. The Hall–Kier alpha value is -1.11. The van der Waals surface area contributed by atoms with Gasteiger partial charge in [-0.05, 0) is 30.4 Å². The Balaban J connectivity index is 2.96. The fourth-order valence-electron chi connectivity index (χ4n) is 0.877. The van der Waals surface area contributed by atoms with Crippen molar-refractivity contribution in [2.75, 3.05) is 11.9 Å². The van der Waals surface area contributed by atoms with E-state index in [4.69, 9.17) is 29.1 Å². The van der Waals surface area contributed by atoms with E-state index in [1.165, 1.54) is 0 Å². The van der Waals surface area contributed by atoms with Crippen molar-refractivity contribution >= 4 is 34.5 Å². The highest BCUT2D eigenvalue weighted by molar-refractivity contribution is 7.81.